The van der Waals surface area contributed by atoms with Gasteiger partial charge >= 0.3 is 0 Å². The maximum atomic E-state index is 13.2. The van der Waals surface area contributed by atoms with Gasteiger partial charge in [0.15, 0.2) is 0 Å². The fourth-order valence-corrected chi connectivity index (χ4v) is 8.43. The van der Waals surface area contributed by atoms with E-state index in [1.165, 1.54) is 63.5 Å². The molecular weight excluding hydrogens is 397 g/mol. The molecule has 0 bridgehead atoms. The summed E-state index contributed by atoms with van der Waals surface area (Å²) in [5.74, 6) is 5.54. The Morgan fingerprint density at radius 1 is 0.969 bits per heavy atom. The van der Waals surface area contributed by atoms with Crippen LogP contribution in [-0.4, -0.2) is 5.91 Å². The molecule has 0 spiro atoms. The third-order valence-corrected chi connectivity index (χ3v) is 9.91. The first-order valence-corrected chi connectivity index (χ1v) is 13.5. The number of nitrogens with one attached hydrogen (secondary N) is 1. The van der Waals surface area contributed by atoms with Gasteiger partial charge in [-0.15, -0.1) is 0 Å². The van der Waals surface area contributed by atoms with Crippen molar-refractivity contribution in [1.29, 1.82) is 0 Å². The lowest BCUT2D eigenvalue weighted by atomic mass is 9.49. The lowest BCUT2D eigenvalue weighted by molar-refractivity contribution is -0.132. The third-order valence-electron chi connectivity index (χ3n) is 9.91. The van der Waals surface area contributed by atoms with Gasteiger partial charge in [-0.3, -0.25) is 4.79 Å². The molecule has 1 aromatic rings. The standard InChI is InChI=1S/C27H38FNO.C2H6/c1-17-3-9-21-19(15-17)6-10-23-22(21)13-14-27(2)24(23)11-12-25(27)26(30)29-16-18-4-7-20(28)8-5-18;1-2/h4-5,7-8,17,19,21-25H,3,6,9-16H2,1-2H3,(H,29,30);1-2H3. The van der Waals surface area contributed by atoms with Gasteiger partial charge in [-0.25, -0.2) is 4.39 Å². The summed E-state index contributed by atoms with van der Waals surface area (Å²) in [6.45, 7) is 9.38. The average molecular weight is 442 g/mol. The summed E-state index contributed by atoms with van der Waals surface area (Å²) in [5, 5.41) is 3.18. The van der Waals surface area contributed by atoms with Gasteiger partial charge in [-0.05, 0) is 110 Å². The second-order valence-electron chi connectivity index (χ2n) is 11.4. The first-order valence-electron chi connectivity index (χ1n) is 13.5. The molecule has 5 rings (SSSR count). The topological polar surface area (TPSA) is 29.1 Å². The molecule has 3 heteroatoms. The summed E-state index contributed by atoms with van der Waals surface area (Å²) in [4.78, 5) is 13.2. The van der Waals surface area contributed by atoms with E-state index >= 15 is 0 Å². The van der Waals surface area contributed by atoms with Crippen molar-refractivity contribution in [2.24, 2.45) is 46.8 Å². The quantitative estimate of drug-likeness (QED) is 0.521. The van der Waals surface area contributed by atoms with Crippen LogP contribution in [0.15, 0.2) is 24.3 Å². The second-order valence-corrected chi connectivity index (χ2v) is 11.4. The number of hydrogen-bond donors (Lipinski definition) is 1. The molecule has 1 amide bonds. The van der Waals surface area contributed by atoms with Crippen molar-refractivity contribution in [3.63, 3.8) is 0 Å². The molecule has 0 aromatic heterocycles. The Balaban J connectivity index is 0.00000119. The van der Waals surface area contributed by atoms with Gasteiger partial charge in [-0.1, -0.05) is 46.2 Å². The number of rotatable bonds is 3. The van der Waals surface area contributed by atoms with Crippen LogP contribution >= 0.6 is 0 Å². The minimum absolute atomic E-state index is 0.146. The van der Waals surface area contributed by atoms with Crippen molar-refractivity contribution in [3.8, 4) is 0 Å². The van der Waals surface area contributed by atoms with E-state index in [1.807, 2.05) is 13.8 Å². The number of carbonyl (C=O) groups excluding carboxylic acids is 1. The number of carbonyl (C=O) groups is 1. The molecule has 8 unspecified atom stereocenters. The molecule has 0 heterocycles. The minimum Gasteiger partial charge on any atom is -0.352 e. The molecule has 2 nitrogen and oxygen atoms in total. The molecule has 4 fully saturated rings. The summed E-state index contributed by atoms with van der Waals surface area (Å²) < 4.78 is 13.1. The fourth-order valence-electron chi connectivity index (χ4n) is 8.43. The van der Waals surface area contributed by atoms with E-state index in [1.54, 1.807) is 12.1 Å². The minimum atomic E-state index is -0.227. The number of fused-ring (bicyclic) bond motifs is 5. The molecule has 8 atom stereocenters. The van der Waals surface area contributed by atoms with E-state index in [9.17, 15) is 9.18 Å². The van der Waals surface area contributed by atoms with Crippen LogP contribution in [0.3, 0.4) is 0 Å². The van der Waals surface area contributed by atoms with Crippen LogP contribution in [0.4, 0.5) is 4.39 Å². The maximum absolute atomic E-state index is 13.2. The Labute approximate surface area is 195 Å². The first kappa shape index (κ1) is 23.8. The maximum Gasteiger partial charge on any atom is 0.223 e. The van der Waals surface area contributed by atoms with E-state index in [-0.39, 0.29) is 23.1 Å². The van der Waals surface area contributed by atoms with Gasteiger partial charge in [0, 0.05) is 12.5 Å². The summed E-state index contributed by atoms with van der Waals surface area (Å²) in [6.07, 6.45) is 12.0. The summed E-state index contributed by atoms with van der Waals surface area (Å²) in [6, 6.07) is 6.48. The lowest BCUT2D eigenvalue weighted by Gasteiger charge is -2.56. The van der Waals surface area contributed by atoms with Gasteiger partial charge in [0.05, 0.1) is 0 Å². The Hall–Kier alpha value is -1.38. The van der Waals surface area contributed by atoms with Gasteiger partial charge in [-0.2, -0.15) is 0 Å². The molecule has 32 heavy (non-hydrogen) atoms. The van der Waals surface area contributed by atoms with Gasteiger partial charge < -0.3 is 5.32 Å². The highest BCUT2D eigenvalue weighted by atomic mass is 19.1. The Kier molecular flexibility index (Phi) is 7.32. The monoisotopic (exact) mass is 441 g/mol. The normalized spacial score (nSPS) is 40.2. The van der Waals surface area contributed by atoms with E-state index in [2.05, 4.69) is 19.2 Å². The van der Waals surface area contributed by atoms with Crippen molar-refractivity contribution in [1.82, 2.24) is 5.32 Å². The summed E-state index contributed by atoms with van der Waals surface area (Å²) >= 11 is 0. The SMILES string of the molecule is CC.CC1CCC2C(CCC3C2CCC2(C)C(C(=O)NCc4ccc(F)cc4)CCC32)C1. The number of benzene rings is 1. The van der Waals surface area contributed by atoms with Crippen molar-refractivity contribution in [2.75, 3.05) is 0 Å². The molecule has 4 aliphatic rings. The van der Waals surface area contributed by atoms with Crippen LogP contribution in [0.5, 0.6) is 0 Å². The zero-order valence-electron chi connectivity index (χ0n) is 20.7. The van der Waals surface area contributed by atoms with E-state index in [0.717, 1.165) is 47.5 Å². The highest BCUT2D eigenvalue weighted by molar-refractivity contribution is 5.80. The Morgan fingerprint density at radius 2 is 1.69 bits per heavy atom. The second kappa shape index (κ2) is 9.85. The summed E-state index contributed by atoms with van der Waals surface area (Å²) in [5.41, 5.74) is 1.14. The molecular formula is C29H44FNO. The Bertz CT molecular complexity index is 776. The predicted octanol–water partition coefficient (Wildman–Crippen LogP) is 7.37. The zero-order valence-corrected chi connectivity index (χ0v) is 20.7. The van der Waals surface area contributed by atoms with Gasteiger partial charge in [0.2, 0.25) is 5.91 Å². The smallest absolute Gasteiger partial charge is 0.223 e. The molecule has 1 aromatic carbocycles. The predicted molar refractivity (Wildman–Crippen MR) is 129 cm³/mol. The molecule has 0 aliphatic heterocycles. The third kappa shape index (κ3) is 4.38. The van der Waals surface area contributed by atoms with Crippen molar-refractivity contribution in [2.45, 2.75) is 92.0 Å². The Morgan fingerprint density at radius 3 is 2.44 bits per heavy atom. The highest BCUT2D eigenvalue weighted by Gasteiger charge is 2.58. The van der Waals surface area contributed by atoms with Crippen LogP contribution in [0.25, 0.3) is 0 Å². The van der Waals surface area contributed by atoms with Crippen LogP contribution in [0.1, 0.15) is 91.0 Å². The summed E-state index contributed by atoms with van der Waals surface area (Å²) in [7, 11) is 0. The number of hydrogen-bond acceptors (Lipinski definition) is 1. The highest BCUT2D eigenvalue weighted by Crippen LogP contribution is 2.64. The largest absolute Gasteiger partial charge is 0.352 e. The first-order chi connectivity index (χ1) is 15.5. The average Bonchev–Trinajstić information content (AvgIpc) is 3.17. The van der Waals surface area contributed by atoms with E-state index in [0.29, 0.717) is 6.54 Å². The number of halogens is 1. The van der Waals surface area contributed by atoms with E-state index < -0.39 is 0 Å². The zero-order chi connectivity index (χ0) is 22.9. The van der Waals surface area contributed by atoms with Crippen molar-refractivity contribution < 1.29 is 9.18 Å². The van der Waals surface area contributed by atoms with Gasteiger partial charge in [0.25, 0.3) is 0 Å². The molecule has 1 N–H and O–H groups in total. The molecule has 4 saturated carbocycles. The van der Waals surface area contributed by atoms with Crippen LogP contribution < -0.4 is 5.32 Å². The van der Waals surface area contributed by atoms with Crippen molar-refractivity contribution in [3.05, 3.63) is 35.6 Å². The molecule has 0 radical (unpaired) electrons. The molecule has 178 valence electrons. The van der Waals surface area contributed by atoms with Crippen LogP contribution in [0, 0.1) is 52.7 Å². The van der Waals surface area contributed by atoms with E-state index in [4.69, 9.17) is 0 Å². The number of amides is 1. The van der Waals surface area contributed by atoms with Crippen LogP contribution in [-0.2, 0) is 11.3 Å². The fraction of sp³-hybridized carbons (Fsp3) is 0.759. The molecule has 4 aliphatic carbocycles. The lowest BCUT2D eigenvalue weighted by Crippen LogP contribution is -2.50. The van der Waals surface area contributed by atoms with Crippen molar-refractivity contribution >= 4 is 5.91 Å². The van der Waals surface area contributed by atoms with Crippen LogP contribution in [0.2, 0.25) is 0 Å². The van der Waals surface area contributed by atoms with Gasteiger partial charge in [0.1, 0.15) is 5.82 Å². The molecule has 0 saturated heterocycles.